The summed E-state index contributed by atoms with van der Waals surface area (Å²) in [5, 5.41) is 8.87. The van der Waals surface area contributed by atoms with Crippen molar-refractivity contribution in [2.45, 2.75) is 30.7 Å². The Bertz CT molecular complexity index is 1060. The maximum Gasteiger partial charge on any atom is 0.409 e. The van der Waals surface area contributed by atoms with Crippen molar-refractivity contribution in [1.29, 1.82) is 5.26 Å². The van der Waals surface area contributed by atoms with Gasteiger partial charge in [0.2, 0.25) is 5.91 Å². The molecule has 0 bridgehead atoms. The van der Waals surface area contributed by atoms with Gasteiger partial charge in [0, 0.05) is 6.07 Å². The number of hydrogen-bond donors (Lipinski definition) is 0. The van der Waals surface area contributed by atoms with E-state index in [4.69, 9.17) is 5.26 Å². The number of carbonyl (C=O) groups excluding carboxylic acids is 1. The van der Waals surface area contributed by atoms with Gasteiger partial charge in [-0.3, -0.25) is 9.79 Å². The van der Waals surface area contributed by atoms with Crippen LogP contribution in [0.4, 0.5) is 22.0 Å². The molecule has 3 unspecified atom stereocenters. The van der Waals surface area contributed by atoms with E-state index in [1.807, 2.05) is 6.07 Å². The zero-order chi connectivity index (χ0) is 20.9. The fourth-order valence-corrected chi connectivity index (χ4v) is 3.83. The summed E-state index contributed by atoms with van der Waals surface area (Å²) >= 11 is 0. The molecule has 0 N–H and O–H groups in total. The Hall–Kier alpha value is -3.28. The molecule has 3 atom stereocenters. The number of hydrogen-bond acceptors (Lipinski definition) is 3. The Kier molecular flexibility index (Phi) is 4.37. The molecular weight excluding hydrogens is 393 g/mol. The summed E-state index contributed by atoms with van der Waals surface area (Å²) in [5.41, 5.74) is 0.789. The first-order valence-electron chi connectivity index (χ1n) is 8.60. The van der Waals surface area contributed by atoms with Gasteiger partial charge in [0.05, 0.1) is 29.7 Å². The average Bonchev–Trinajstić information content (AvgIpc) is 2.64. The van der Waals surface area contributed by atoms with Crippen molar-refractivity contribution in [1.82, 2.24) is 4.90 Å². The van der Waals surface area contributed by atoms with Crippen LogP contribution >= 0.6 is 0 Å². The lowest BCUT2D eigenvalue weighted by molar-refractivity contribution is -0.234. The lowest BCUT2D eigenvalue weighted by Gasteiger charge is -2.55. The van der Waals surface area contributed by atoms with Crippen LogP contribution in [0.1, 0.15) is 29.0 Å². The van der Waals surface area contributed by atoms with E-state index in [1.54, 1.807) is 12.1 Å². The van der Waals surface area contributed by atoms with Crippen LogP contribution in [0.25, 0.3) is 0 Å². The fraction of sp³-hybridized carbons (Fsp3) is 0.250. The van der Waals surface area contributed by atoms with E-state index in [1.165, 1.54) is 12.1 Å². The Morgan fingerprint density at radius 2 is 1.79 bits per heavy atom. The molecule has 0 aromatic heterocycles. The molecule has 1 amide bonds. The minimum atomic E-state index is -4.79. The lowest BCUT2D eigenvalue weighted by atomic mass is 9.76. The number of alkyl halides is 3. The maximum atomic E-state index is 14.3. The zero-order valence-electron chi connectivity index (χ0n) is 14.6. The number of rotatable bonds is 2. The van der Waals surface area contributed by atoms with Crippen LogP contribution in [0.3, 0.4) is 0 Å². The van der Waals surface area contributed by atoms with Gasteiger partial charge in [-0.25, -0.2) is 8.78 Å². The highest BCUT2D eigenvalue weighted by atomic mass is 19.4. The Morgan fingerprint density at radius 1 is 1.10 bits per heavy atom. The maximum absolute atomic E-state index is 14.3. The molecule has 1 saturated heterocycles. The van der Waals surface area contributed by atoms with Crippen molar-refractivity contribution >= 4 is 11.6 Å². The molecule has 148 valence electrons. The normalized spacial score (nSPS) is 23.7. The number of aliphatic imine (C=N–C) groups is 1. The van der Waals surface area contributed by atoms with E-state index in [0.29, 0.717) is 22.1 Å². The third-order valence-corrected chi connectivity index (χ3v) is 5.15. The number of halogens is 5. The van der Waals surface area contributed by atoms with Gasteiger partial charge in [-0.15, -0.1) is 0 Å². The molecule has 2 aliphatic heterocycles. The van der Waals surface area contributed by atoms with Gasteiger partial charge in [-0.1, -0.05) is 18.2 Å². The van der Waals surface area contributed by atoms with E-state index < -0.39 is 41.8 Å². The van der Waals surface area contributed by atoms with Crippen LogP contribution in [0.2, 0.25) is 0 Å². The van der Waals surface area contributed by atoms with Crippen molar-refractivity contribution in [2.24, 2.45) is 4.99 Å². The molecule has 9 heteroatoms. The number of nitrogens with zero attached hydrogens (tertiary/aromatic N) is 3. The third kappa shape index (κ3) is 3.14. The Morgan fingerprint density at radius 3 is 2.38 bits per heavy atom. The first-order chi connectivity index (χ1) is 13.7. The summed E-state index contributed by atoms with van der Waals surface area (Å²) in [6.07, 6.45) is -6.37. The second-order valence-corrected chi connectivity index (χ2v) is 6.83. The van der Waals surface area contributed by atoms with E-state index in [-0.39, 0.29) is 17.7 Å². The second-order valence-electron chi connectivity index (χ2n) is 6.83. The largest absolute Gasteiger partial charge is 0.409 e. The van der Waals surface area contributed by atoms with Crippen molar-refractivity contribution < 1.29 is 26.7 Å². The lowest BCUT2D eigenvalue weighted by Crippen LogP contribution is -2.70. The fourth-order valence-electron chi connectivity index (χ4n) is 3.83. The van der Waals surface area contributed by atoms with Crippen LogP contribution in [0.5, 0.6) is 0 Å². The van der Waals surface area contributed by atoms with E-state index in [2.05, 4.69) is 4.99 Å². The van der Waals surface area contributed by atoms with Crippen LogP contribution in [-0.4, -0.2) is 34.9 Å². The van der Waals surface area contributed by atoms with Gasteiger partial charge >= 0.3 is 6.18 Å². The summed E-state index contributed by atoms with van der Waals surface area (Å²) in [6.45, 7) is 0. The highest BCUT2D eigenvalue weighted by molar-refractivity contribution is 6.12. The van der Waals surface area contributed by atoms with Gasteiger partial charge < -0.3 is 4.90 Å². The molecule has 0 saturated carbocycles. The zero-order valence-corrected chi connectivity index (χ0v) is 14.6. The molecule has 2 aliphatic rings. The van der Waals surface area contributed by atoms with Crippen LogP contribution in [0, 0.1) is 23.0 Å². The Labute approximate surface area is 161 Å². The van der Waals surface area contributed by atoms with E-state index >= 15 is 0 Å². The third-order valence-electron chi connectivity index (χ3n) is 5.15. The quantitative estimate of drug-likeness (QED) is 0.712. The average molecular weight is 405 g/mol. The number of amides is 1. The Balaban J connectivity index is 1.77. The summed E-state index contributed by atoms with van der Waals surface area (Å²) in [6, 6.07) is 8.18. The molecule has 2 aromatic rings. The highest BCUT2D eigenvalue weighted by Gasteiger charge is 2.64. The van der Waals surface area contributed by atoms with E-state index in [0.717, 1.165) is 12.1 Å². The smallest absolute Gasteiger partial charge is 0.307 e. The summed E-state index contributed by atoms with van der Waals surface area (Å²) in [5.74, 6) is -4.27. The van der Waals surface area contributed by atoms with Gasteiger partial charge in [0.15, 0.2) is 0 Å². The first kappa shape index (κ1) is 19.1. The molecule has 0 radical (unpaired) electrons. The standard InChI is InChI=1S/C20H12F5N3O/c21-12-5-6-13(14(22)7-12)17-18(20(23,24)25)28-16(29)8-15(27-19(17)28)11-3-1-10(9-26)2-4-11/h1-7,17-19H,8H2. The molecule has 2 aromatic carbocycles. The van der Waals surface area contributed by atoms with Crippen molar-refractivity contribution in [3.63, 3.8) is 0 Å². The van der Waals surface area contributed by atoms with Gasteiger partial charge in [-0.05, 0) is 29.3 Å². The van der Waals surface area contributed by atoms with Crippen LogP contribution in [0.15, 0.2) is 47.5 Å². The summed E-state index contributed by atoms with van der Waals surface area (Å²) in [4.78, 5) is 17.4. The topological polar surface area (TPSA) is 56.5 Å². The van der Waals surface area contributed by atoms with Gasteiger partial charge in [-0.2, -0.15) is 18.4 Å². The van der Waals surface area contributed by atoms with Gasteiger partial charge in [0.1, 0.15) is 23.8 Å². The monoisotopic (exact) mass is 405 g/mol. The molecule has 1 fully saturated rings. The summed E-state index contributed by atoms with van der Waals surface area (Å²) in [7, 11) is 0. The molecule has 2 heterocycles. The van der Waals surface area contributed by atoms with Crippen molar-refractivity contribution in [3.8, 4) is 6.07 Å². The predicted molar refractivity (Wildman–Crippen MR) is 91.9 cm³/mol. The number of fused-ring (bicyclic) bond motifs is 1. The second kappa shape index (κ2) is 6.65. The van der Waals surface area contributed by atoms with Gasteiger partial charge in [0.25, 0.3) is 0 Å². The van der Waals surface area contributed by atoms with Crippen molar-refractivity contribution in [3.05, 3.63) is 70.8 Å². The molecule has 4 rings (SSSR count). The van der Waals surface area contributed by atoms with Crippen molar-refractivity contribution in [2.75, 3.05) is 0 Å². The van der Waals surface area contributed by atoms with Crippen LogP contribution in [-0.2, 0) is 4.79 Å². The predicted octanol–water partition coefficient (Wildman–Crippen LogP) is 3.91. The molecular formula is C20H12F5N3O. The number of nitriles is 1. The van der Waals surface area contributed by atoms with E-state index in [9.17, 15) is 26.7 Å². The molecule has 29 heavy (non-hydrogen) atoms. The molecule has 4 nitrogen and oxygen atoms in total. The minimum absolute atomic E-state index is 0.258. The minimum Gasteiger partial charge on any atom is -0.307 e. The SMILES string of the molecule is N#Cc1ccc(C2=NC3C(c4ccc(F)cc4F)C(C(F)(F)F)N3C(=O)C2)cc1. The summed E-state index contributed by atoms with van der Waals surface area (Å²) < 4.78 is 68.4. The number of benzene rings is 2. The molecule has 0 aliphatic carbocycles. The number of carbonyl (C=O) groups is 1. The highest BCUT2D eigenvalue weighted by Crippen LogP contribution is 2.51. The molecule has 0 spiro atoms. The first-order valence-corrected chi connectivity index (χ1v) is 8.60. The van der Waals surface area contributed by atoms with Crippen LogP contribution < -0.4 is 0 Å².